The second-order valence-corrected chi connectivity index (χ2v) is 10.1. The Labute approximate surface area is 212 Å². The number of amides is 1. The van der Waals surface area contributed by atoms with Crippen LogP contribution in [0.5, 0.6) is 5.75 Å². The fraction of sp³-hybridized carbons (Fsp3) is 0.138. The maximum atomic E-state index is 13.9. The molecule has 0 saturated carbocycles. The van der Waals surface area contributed by atoms with Crippen molar-refractivity contribution in [1.82, 2.24) is 0 Å². The lowest BCUT2D eigenvalue weighted by Crippen LogP contribution is -2.32. The summed E-state index contributed by atoms with van der Waals surface area (Å²) in [6.07, 6.45) is 0.898. The molecule has 0 heterocycles. The number of ether oxygens (including phenoxy) is 1. The van der Waals surface area contributed by atoms with Crippen LogP contribution in [0.1, 0.15) is 28.4 Å². The summed E-state index contributed by atoms with van der Waals surface area (Å²) in [7, 11) is -2.49. The normalized spacial score (nSPS) is 11.1. The number of sulfonamides is 1. The second kappa shape index (κ2) is 11.1. The first kappa shape index (κ1) is 25.0. The highest BCUT2D eigenvalue weighted by Crippen LogP contribution is 2.30. The third kappa shape index (κ3) is 5.58. The van der Waals surface area contributed by atoms with E-state index in [-0.39, 0.29) is 17.0 Å². The summed E-state index contributed by atoms with van der Waals surface area (Å²) in [6, 6.07) is 29.8. The Kier molecular flexibility index (Phi) is 7.71. The van der Waals surface area contributed by atoms with Gasteiger partial charge in [0.2, 0.25) is 0 Å². The number of aryl methyl sites for hydroxylation is 1. The highest BCUT2D eigenvalue weighted by atomic mass is 32.2. The number of nitrogens with one attached hydrogen (secondary N) is 1. The number of anilines is 2. The van der Waals surface area contributed by atoms with Crippen molar-refractivity contribution < 1.29 is 17.9 Å². The third-order valence-corrected chi connectivity index (χ3v) is 7.63. The molecule has 0 fully saturated rings. The molecule has 4 rings (SSSR count). The molecule has 1 amide bonds. The van der Waals surface area contributed by atoms with Crippen LogP contribution in [0.25, 0.3) is 0 Å². The first-order chi connectivity index (χ1) is 17.4. The van der Waals surface area contributed by atoms with Gasteiger partial charge in [-0.1, -0.05) is 61.5 Å². The predicted molar refractivity (Wildman–Crippen MR) is 143 cm³/mol. The standard InChI is InChI=1S/C29H28N2O4S/c1-3-22-13-15-24(16-14-22)30-29(32)27-11-7-8-12-28(27)31(21-23-9-5-4-6-10-23)36(33,34)26-19-17-25(35-2)18-20-26/h4-20H,3,21H2,1-2H3,(H,30,32). The molecule has 0 aromatic heterocycles. The van der Waals surface area contributed by atoms with Crippen LogP contribution in [0.4, 0.5) is 11.4 Å². The minimum Gasteiger partial charge on any atom is -0.497 e. The summed E-state index contributed by atoms with van der Waals surface area (Å²) in [5.41, 5.74) is 3.14. The van der Waals surface area contributed by atoms with Crippen molar-refractivity contribution in [1.29, 1.82) is 0 Å². The van der Waals surface area contributed by atoms with Gasteiger partial charge in [0.05, 0.1) is 29.8 Å². The summed E-state index contributed by atoms with van der Waals surface area (Å²) in [6.45, 7) is 2.12. The van der Waals surface area contributed by atoms with Gasteiger partial charge in [-0.2, -0.15) is 0 Å². The number of benzene rings is 4. The number of carbonyl (C=O) groups excluding carboxylic acids is 1. The number of rotatable bonds is 9. The molecule has 0 aliphatic rings. The smallest absolute Gasteiger partial charge is 0.264 e. The zero-order valence-corrected chi connectivity index (χ0v) is 21.0. The summed E-state index contributed by atoms with van der Waals surface area (Å²) < 4.78 is 34.2. The molecule has 0 atom stereocenters. The lowest BCUT2D eigenvalue weighted by Gasteiger charge is -2.26. The van der Waals surface area contributed by atoms with Crippen molar-refractivity contribution in [3.63, 3.8) is 0 Å². The van der Waals surface area contributed by atoms with Gasteiger partial charge in [-0.05, 0) is 66.1 Å². The van der Waals surface area contributed by atoms with Crippen LogP contribution in [0.3, 0.4) is 0 Å². The summed E-state index contributed by atoms with van der Waals surface area (Å²) in [4.78, 5) is 13.4. The zero-order valence-electron chi connectivity index (χ0n) is 20.2. The molecule has 0 spiro atoms. The maximum absolute atomic E-state index is 13.9. The van der Waals surface area contributed by atoms with E-state index < -0.39 is 15.9 Å². The third-order valence-electron chi connectivity index (χ3n) is 5.85. The number of hydrogen-bond acceptors (Lipinski definition) is 4. The second-order valence-electron chi connectivity index (χ2n) is 8.19. The molecule has 4 aromatic carbocycles. The SMILES string of the molecule is CCc1ccc(NC(=O)c2ccccc2N(Cc2ccccc2)S(=O)(=O)c2ccc(OC)cc2)cc1. The zero-order chi connectivity index (χ0) is 25.5. The fourth-order valence-corrected chi connectivity index (χ4v) is 5.30. The van der Waals surface area contributed by atoms with Crippen LogP contribution >= 0.6 is 0 Å². The van der Waals surface area contributed by atoms with Crippen LogP contribution in [-0.4, -0.2) is 21.4 Å². The van der Waals surface area contributed by atoms with Crippen molar-refractivity contribution in [3.8, 4) is 5.75 Å². The van der Waals surface area contributed by atoms with Gasteiger partial charge >= 0.3 is 0 Å². The van der Waals surface area contributed by atoms with Gasteiger partial charge < -0.3 is 10.1 Å². The number of methoxy groups -OCH3 is 1. The molecule has 0 aliphatic carbocycles. The average molecular weight is 501 g/mol. The largest absolute Gasteiger partial charge is 0.497 e. The van der Waals surface area contributed by atoms with Crippen molar-refractivity contribution >= 4 is 27.3 Å². The Morgan fingerprint density at radius 2 is 1.44 bits per heavy atom. The highest BCUT2D eigenvalue weighted by Gasteiger charge is 2.28. The summed E-state index contributed by atoms with van der Waals surface area (Å²) in [5.74, 6) is 0.162. The number of nitrogens with zero attached hydrogens (tertiary/aromatic N) is 1. The molecule has 184 valence electrons. The highest BCUT2D eigenvalue weighted by molar-refractivity contribution is 7.92. The van der Waals surface area contributed by atoms with Gasteiger partial charge in [-0.25, -0.2) is 8.42 Å². The quantitative estimate of drug-likeness (QED) is 0.310. The Balaban J connectivity index is 1.75. The van der Waals surface area contributed by atoms with Gasteiger partial charge in [0.15, 0.2) is 0 Å². The molecule has 7 heteroatoms. The van der Waals surface area contributed by atoms with Crippen molar-refractivity contribution in [2.24, 2.45) is 0 Å². The van der Waals surface area contributed by atoms with E-state index in [1.165, 1.54) is 23.5 Å². The first-order valence-electron chi connectivity index (χ1n) is 11.6. The number of carbonyl (C=O) groups is 1. The van der Waals surface area contributed by atoms with E-state index in [0.29, 0.717) is 17.1 Å². The minimum atomic E-state index is -4.02. The van der Waals surface area contributed by atoms with Crippen LogP contribution in [-0.2, 0) is 23.0 Å². The van der Waals surface area contributed by atoms with Crippen LogP contribution in [0, 0.1) is 0 Å². The van der Waals surface area contributed by atoms with Crippen molar-refractivity contribution in [3.05, 3.63) is 120 Å². The Hall–Kier alpha value is -4.10. The average Bonchev–Trinajstić information content (AvgIpc) is 2.92. The molecular formula is C29H28N2O4S. The van der Waals surface area contributed by atoms with Gasteiger partial charge in [0.25, 0.3) is 15.9 Å². The lowest BCUT2D eigenvalue weighted by molar-refractivity contribution is 0.102. The van der Waals surface area contributed by atoms with E-state index in [1.54, 1.807) is 36.4 Å². The molecule has 0 saturated heterocycles. The van der Waals surface area contributed by atoms with Crippen LogP contribution < -0.4 is 14.4 Å². The van der Waals surface area contributed by atoms with Crippen LogP contribution in [0.2, 0.25) is 0 Å². The lowest BCUT2D eigenvalue weighted by atomic mass is 10.1. The molecule has 6 nitrogen and oxygen atoms in total. The molecule has 4 aromatic rings. The van der Waals surface area contributed by atoms with E-state index >= 15 is 0 Å². The maximum Gasteiger partial charge on any atom is 0.264 e. The number of para-hydroxylation sites is 1. The van der Waals surface area contributed by atoms with Crippen LogP contribution in [0.15, 0.2) is 108 Å². The predicted octanol–water partition coefficient (Wildman–Crippen LogP) is 5.91. The molecule has 36 heavy (non-hydrogen) atoms. The molecule has 0 bridgehead atoms. The van der Waals surface area contributed by atoms with E-state index in [9.17, 15) is 13.2 Å². The molecule has 1 N–H and O–H groups in total. The molecule has 0 unspecified atom stereocenters. The monoisotopic (exact) mass is 500 g/mol. The molecule has 0 aliphatic heterocycles. The van der Waals surface area contributed by atoms with Gasteiger partial charge in [-0.15, -0.1) is 0 Å². The Morgan fingerprint density at radius 3 is 2.08 bits per heavy atom. The van der Waals surface area contributed by atoms with Gasteiger partial charge in [0, 0.05) is 5.69 Å². The van der Waals surface area contributed by atoms with E-state index in [2.05, 4.69) is 12.2 Å². The van der Waals surface area contributed by atoms with E-state index in [4.69, 9.17) is 4.74 Å². The van der Waals surface area contributed by atoms with E-state index in [1.807, 2.05) is 54.6 Å². The fourth-order valence-electron chi connectivity index (χ4n) is 3.83. The summed E-state index contributed by atoms with van der Waals surface area (Å²) >= 11 is 0. The van der Waals surface area contributed by atoms with Crippen molar-refractivity contribution in [2.75, 3.05) is 16.7 Å². The van der Waals surface area contributed by atoms with Gasteiger partial charge in [0.1, 0.15) is 5.75 Å². The van der Waals surface area contributed by atoms with E-state index in [0.717, 1.165) is 17.5 Å². The molecule has 0 radical (unpaired) electrons. The Morgan fingerprint density at radius 1 is 0.806 bits per heavy atom. The molecular weight excluding hydrogens is 472 g/mol. The van der Waals surface area contributed by atoms with Crippen molar-refractivity contribution in [2.45, 2.75) is 24.8 Å². The Bertz CT molecular complexity index is 1420. The van der Waals surface area contributed by atoms with Gasteiger partial charge in [-0.3, -0.25) is 9.10 Å². The first-order valence-corrected chi connectivity index (χ1v) is 13.1. The topological polar surface area (TPSA) is 75.7 Å². The minimum absolute atomic E-state index is 0.0602. The number of hydrogen-bond donors (Lipinski definition) is 1. The summed E-state index contributed by atoms with van der Waals surface area (Å²) in [5, 5.41) is 2.90.